The molecule has 0 spiro atoms. The minimum atomic E-state index is 0.215. The Hall–Kier alpha value is -1.36. The molecule has 5 heteroatoms. The first-order valence-electron chi connectivity index (χ1n) is 5.55. The van der Waals surface area contributed by atoms with Gasteiger partial charge >= 0.3 is 0 Å². The number of hydrogen-bond donors (Lipinski definition) is 1. The molecule has 2 rings (SSSR count). The average Bonchev–Trinajstić information content (AvgIpc) is 2.81. The van der Waals surface area contributed by atoms with Crippen LogP contribution in [0, 0.1) is 6.92 Å². The van der Waals surface area contributed by atoms with Gasteiger partial charge in [-0.05, 0) is 19.8 Å². The van der Waals surface area contributed by atoms with Crippen LogP contribution in [0.15, 0.2) is 6.20 Å². The van der Waals surface area contributed by atoms with Gasteiger partial charge in [-0.3, -0.25) is 0 Å². The normalized spacial score (nSPS) is 19.8. The van der Waals surface area contributed by atoms with Crippen LogP contribution in [-0.2, 0) is 4.74 Å². The predicted octanol–water partition coefficient (Wildman–Crippen LogP) is 1.38. The summed E-state index contributed by atoms with van der Waals surface area (Å²) in [5.41, 5.74) is 0.942. The summed E-state index contributed by atoms with van der Waals surface area (Å²) < 4.78 is 11.1. The number of ether oxygens (including phenoxy) is 2. The molecule has 0 amide bonds. The van der Waals surface area contributed by atoms with Crippen molar-refractivity contribution in [3.05, 3.63) is 11.8 Å². The molecular formula is C11H17N3O2. The summed E-state index contributed by atoms with van der Waals surface area (Å²) in [4.78, 5) is 8.36. The summed E-state index contributed by atoms with van der Waals surface area (Å²) in [6, 6.07) is 0. The Morgan fingerprint density at radius 3 is 3.19 bits per heavy atom. The summed E-state index contributed by atoms with van der Waals surface area (Å²) in [6.45, 7) is 3.35. The van der Waals surface area contributed by atoms with Gasteiger partial charge in [-0.25, -0.2) is 4.98 Å². The lowest BCUT2D eigenvalue weighted by Crippen LogP contribution is -2.17. The van der Waals surface area contributed by atoms with Crippen molar-refractivity contribution in [3.8, 4) is 5.88 Å². The standard InChI is InChI=1S/C11H17N3O2/c1-8-6-13-11(12-2)14-10(8)16-7-9-4-3-5-15-9/h6,9H,3-5,7H2,1-2H3,(H,12,13,14). The van der Waals surface area contributed by atoms with Crippen LogP contribution in [-0.4, -0.2) is 36.3 Å². The first-order chi connectivity index (χ1) is 7.79. The minimum Gasteiger partial charge on any atom is -0.475 e. The molecule has 1 unspecified atom stereocenters. The maximum absolute atomic E-state index is 5.65. The summed E-state index contributed by atoms with van der Waals surface area (Å²) in [5, 5.41) is 2.89. The second-order valence-corrected chi connectivity index (χ2v) is 3.88. The Labute approximate surface area is 95.2 Å². The summed E-state index contributed by atoms with van der Waals surface area (Å²) in [6.07, 6.45) is 4.16. The third-order valence-corrected chi connectivity index (χ3v) is 2.58. The van der Waals surface area contributed by atoms with Crippen molar-refractivity contribution in [2.45, 2.75) is 25.9 Å². The molecule has 1 fully saturated rings. The minimum absolute atomic E-state index is 0.215. The van der Waals surface area contributed by atoms with E-state index in [1.54, 1.807) is 13.2 Å². The van der Waals surface area contributed by atoms with Crippen LogP contribution in [0.5, 0.6) is 5.88 Å². The Balaban J connectivity index is 1.96. The summed E-state index contributed by atoms with van der Waals surface area (Å²) in [7, 11) is 1.79. The van der Waals surface area contributed by atoms with E-state index in [-0.39, 0.29) is 6.10 Å². The van der Waals surface area contributed by atoms with Gasteiger partial charge in [0, 0.05) is 25.4 Å². The Morgan fingerprint density at radius 1 is 1.62 bits per heavy atom. The Bertz CT molecular complexity index is 351. The van der Waals surface area contributed by atoms with E-state index in [1.807, 2.05) is 6.92 Å². The molecule has 1 aromatic heterocycles. The maximum Gasteiger partial charge on any atom is 0.225 e. The number of aromatic nitrogens is 2. The lowest BCUT2D eigenvalue weighted by molar-refractivity contribution is 0.0661. The highest BCUT2D eigenvalue weighted by molar-refractivity contribution is 5.31. The molecule has 2 heterocycles. The molecule has 1 aliphatic heterocycles. The lowest BCUT2D eigenvalue weighted by atomic mass is 10.2. The van der Waals surface area contributed by atoms with Crippen molar-refractivity contribution in [1.82, 2.24) is 9.97 Å². The van der Waals surface area contributed by atoms with Crippen LogP contribution in [0.3, 0.4) is 0 Å². The van der Waals surface area contributed by atoms with Crippen molar-refractivity contribution in [1.29, 1.82) is 0 Å². The molecule has 1 N–H and O–H groups in total. The van der Waals surface area contributed by atoms with Gasteiger partial charge in [0.2, 0.25) is 11.8 Å². The monoisotopic (exact) mass is 223 g/mol. The zero-order chi connectivity index (χ0) is 11.4. The van der Waals surface area contributed by atoms with E-state index in [2.05, 4.69) is 15.3 Å². The zero-order valence-corrected chi connectivity index (χ0v) is 9.69. The fourth-order valence-electron chi connectivity index (χ4n) is 1.64. The van der Waals surface area contributed by atoms with E-state index in [0.717, 1.165) is 25.0 Å². The molecule has 1 saturated heterocycles. The highest BCUT2D eigenvalue weighted by Crippen LogP contribution is 2.18. The number of rotatable bonds is 4. The van der Waals surface area contributed by atoms with Gasteiger partial charge in [0.15, 0.2) is 0 Å². The molecule has 16 heavy (non-hydrogen) atoms. The second kappa shape index (κ2) is 5.12. The molecule has 1 atom stereocenters. The van der Waals surface area contributed by atoms with Gasteiger partial charge in [0.25, 0.3) is 0 Å². The zero-order valence-electron chi connectivity index (χ0n) is 9.69. The first-order valence-corrected chi connectivity index (χ1v) is 5.55. The van der Waals surface area contributed by atoms with Crippen molar-refractivity contribution < 1.29 is 9.47 Å². The van der Waals surface area contributed by atoms with Gasteiger partial charge in [-0.2, -0.15) is 4.98 Å². The van der Waals surface area contributed by atoms with Crippen LogP contribution >= 0.6 is 0 Å². The topological polar surface area (TPSA) is 56.3 Å². The Morgan fingerprint density at radius 2 is 2.50 bits per heavy atom. The SMILES string of the molecule is CNc1ncc(C)c(OCC2CCCO2)n1. The highest BCUT2D eigenvalue weighted by Gasteiger charge is 2.16. The number of nitrogens with one attached hydrogen (secondary N) is 1. The van der Waals surface area contributed by atoms with E-state index in [4.69, 9.17) is 9.47 Å². The predicted molar refractivity (Wildman–Crippen MR) is 60.8 cm³/mol. The fraction of sp³-hybridized carbons (Fsp3) is 0.636. The molecule has 1 aromatic rings. The average molecular weight is 223 g/mol. The molecular weight excluding hydrogens is 206 g/mol. The molecule has 0 aromatic carbocycles. The second-order valence-electron chi connectivity index (χ2n) is 3.88. The molecule has 1 aliphatic rings. The number of anilines is 1. The van der Waals surface area contributed by atoms with Crippen molar-refractivity contribution in [2.24, 2.45) is 0 Å². The smallest absolute Gasteiger partial charge is 0.225 e. The van der Waals surface area contributed by atoms with E-state index in [9.17, 15) is 0 Å². The van der Waals surface area contributed by atoms with Crippen LogP contribution in [0.25, 0.3) is 0 Å². The lowest BCUT2D eigenvalue weighted by Gasteiger charge is -2.12. The van der Waals surface area contributed by atoms with E-state index < -0.39 is 0 Å². The first kappa shape index (κ1) is 11.1. The van der Waals surface area contributed by atoms with E-state index in [1.165, 1.54) is 0 Å². The van der Waals surface area contributed by atoms with E-state index >= 15 is 0 Å². The number of nitrogens with zero attached hydrogens (tertiary/aromatic N) is 2. The van der Waals surface area contributed by atoms with Crippen LogP contribution in [0.4, 0.5) is 5.95 Å². The number of hydrogen-bond acceptors (Lipinski definition) is 5. The highest BCUT2D eigenvalue weighted by atomic mass is 16.5. The van der Waals surface area contributed by atoms with Gasteiger partial charge in [-0.1, -0.05) is 0 Å². The van der Waals surface area contributed by atoms with Gasteiger partial charge in [-0.15, -0.1) is 0 Å². The third-order valence-electron chi connectivity index (χ3n) is 2.58. The quantitative estimate of drug-likeness (QED) is 0.835. The molecule has 0 bridgehead atoms. The number of aryl methyl sites for hydroxylation is 1. The van der Waals surface area contributed by atoms with Crippen LogP contribution in [0.2, 0.25) is 0 Å². The molecule has 88 valence electrons. The molecule has 0 aliphatic carbocycles. The van der Waals surface area contributed by atoms with Gasteiger partial charge < -0.3 is 14.8 Å². The van der Waals surface area contributed by atoms with Crippen molar-refractivity contribution in [3.63, 3.8) is 0 Å². The van der Waals surface area contributed by atoms with Crippen LogP contribution in [0.1, 0.15) is 18.4 Å². The van der Waals surface area contributed by atoms with Crippen molar-refractivity contribution >= 4 is 5.95 Å². The van der Waals surface area contributed by atoms with Crippen molar-refractivity contribution in [2.75, 3.05) is 25.6 Å². The summed E-state index contributed by atoms with van der Waals surface area (Å²) in [5.74, 6) is 1.21. The van der Waals surface area contributed by atoms with E-state index in [0.29, 0.717) is 18.4 Å². The molecule has 0 radical (unpaired) electrons. The maximum atomic E-state index is 5.65. The van der Waals surface area contributed by atoms with Crippen LogP contribution < -0.4 is 10.1 Å². The largest absolute Gasteiger partial charge is 0.475 e. The summed E-state index contributed by atoms with van der Waals surface area (Å²) >= 11 is 0. The van der Waals surface area contributed by atoms with Gasteiger partial charge in [0.05, 0.1) is 6.10 Å². The molecule has 0 saturated carbocycles. The fourth-order valence-corrected chi connectivity index (χ4v) is 1.64. The molecule has 5 nitrogen and oxygen atoms in total. The van der Waals surface area contributed by atoms with Gasteiger partial charge in [0.1, 0.15) is 6.61 Å². The third kappa shape index (κ3) is 2.61. The Kier molecular flexibility index (Phi) is 3.56.